The van der Waals surface area contributed by atoms with E-state index < -0.39 is 0 Å². The van der Waals surface area contributed by atoms with Crippen LogP contribution in [0.2, 0.25) is 0 Å². The van der Waals surface area contributed by atoms with Gasteiger partial charge in [0.15, 0.2) is 5.69 Å². The van der Waals surface area contributed by atoms with Crippen LogP contribution < -0.4 is 0 Å². The van der Waals surface area contributed by atoms with E-state index in [2.05, 4.69) is 33.7 Å². The van der Waals surface area contributed by atoms with Gasteiger partial charge < -0.3 is 4.57 Å². The molecule has 0 aliphatic rings. The van der Waals surface area contributed by atoms with Crippen molar-refractivity contribution in [2.45, 2.75) is 0 Å². The average Bonchev–Trinajstić information content (AvgIpc) is 3.08. The highest BCUT2D eigenvalue weighted by molar-refractivity contribution is 6.09. The largest absolute Gasteiger partial charge is 0.309 e. The lowest BCUT2D eigenvalue weighted by Gasteiger charge is -2.14. The number of nitrogens with zero attached hydrogens (tertiary/aromatic N) is 2. The summed E-state index contributed by atoms with van der Waals surface area (Å²) in [4.78, 5) is 3.33. The Labute approximate surface area is 161 Å². The summed E-state index contributed by atoms with van der Waals surface area (Å²) < 4.78 is 17.0. The molecule has 5 rings (SSSR count). The molecule has 0 bridgehead atoms. The Hall–Kier alpha value is -3.90. The van der Waals surface area contributed by atoms with Crippen LogP contribution >= 0.6 is 0 Å². The van der Waals surface area contributed by atoms with Crippen LogP contribution in [-0.2, 0) is 0 Å². The summed E-state index contributed by atoms with van der Waals surface area (Å²) in [6.45, 7) is 7.11. The standard InChI is InChI=1S/C25H15FN2/c1-27-17-14-15-18(22(26)16-17)19-8-2-5-11-23(19)28-24-12-6-3-9-20(24)21-10-4-7-13-25(21)28/h2-16H. The molecular weight excluding hydrogens is 347 g/mol. The minimum Gasteiger partial charge on any atom is -0.309 e. The molecule has 28 heavy (non-hydrogen) atoms. The van der Waals surface area contributed by atoms with Crippen molar-refractivity contribution in [2.75, 3.05) is 0 Å². The highest BCUT2D eigenvalue weighted by atomic mass is 19.1. The minimum absolute atomic E-state index is 0.301. The van der Waals surface area contributed by atoms with Crippen LogP contribution in [0.1, 0.15) is 0 Å². The molecule has 1 aromatic heterocycles. The van der Waals surface area contributed by atoms with E-state index in [1.165, 1.54) is 6.07 Å². The van der Waals surface area contributed by atoms with Gasteiger partial charge in [0.2, 0.25) is 0 Å². The molecule has 0 amide bonds. The zero-order chi connectivity index (χ0) is 19.1. The summed E-state index contributed by atoms with van der Waals surface area (Å²) in [5.74, 6) is -0.387. The molecule has 0 unspecified atom stereocenters. The first-order valence-corrected chi connectivity index (χ1v) is 9.03. The van der Waals surface area contributed by atoms with Gasteiger partial charge >= 0.3 is 0 Å². The van der Waals surface area contributed by atoms with Gasteiger partial charge in [0.25, 0.3) is 0 Å². The van der Waals surface area contributed by atoms with Crippen molar-refractivity contribution in [1.29, 1.82) is 0 Å². The quantitative estimate of drug-likeness (QED) is 0.295. The molecule has 0 fully saturated rings. The van der Waals surface area contributed by atoms with Crippen molar-refractivity contribution >= 4 is 27.5 Å². The Morgan fingerprint density at radius 3 is 1.93 bits per heavy atom. The van der Waals surface area contributed by atoms with Crippen molar-refractivity contribution in [1.82, 2.24) is 4.57 Å². The van der Waals surface area contributed by atoms with Crippen molar-refractivity contribution in [3.63, 3.8) is 0 Å². The fourth-order valence-electron chi connectivity index (χ4n) is 3.87. The number of rotatable bonds is 2. The number of para-hydroxylation sites is 3. The molecule has 3 heteroatoms. The predicted octanol–water partition coefficient (Wildman–Crippen LogP) is 7.14. The van der Waals surface area contributed by atoms with Gasteiger partial charge in [-0.3, -0.25) is 0 Å². The van der Waals surface area contributed by atoms with Crippen LogP contribution in [0, 0.1) is 12.4 Å². The van der Waals surface area contributed by atoms with Crippen molar-refractivity contribution in [3.8, 4) is 16.8 Å². The lowest BCUT2D eigenvalue weighted by atomic mass is 10.0. The van der Waals surface area contributed by atoms with Crippen LogP contribution in [-0.4, -0.2) is 4.57 Å². The molecule has 1 heterocycles. The predicted molar refractivity (Wildman–Crippen MR) is 112 cm³/mol. The topological polar surface area (TPSA) is 9.29 Å². The maximum absolute atomic E-state index is 14.8. The lowest BCUT2D eigenvalue weighted by molar-refractivity contribution is 0.632. The Bertz CT molecular complexity index is 1340. The van der Waals surface area contributed by atoms with Gasteiger partial charge in [-0.05, 0) is 24.3 Å². The molecule has 0 saturated carbocycles. The second-order valence-corrected chi connectivity index (χ2v) is 6.66. The number of halogens is 1. The fraction of sp³-hybridized carbons (Fsp3) is 0. The summed E-state index contributed by atoms with van der Waals surface area (Å²) in [5.41, 5.74) is 4.65. The summed E-state index contributed by atoms with van der Waals surface area (Å²) in [6, 6.07) is 29.0. The first kappa shape index (κ1) is 16.3. The molecule has 0 atom stereocenters. The van der Waals surface area contributed by atoms with Gasteiger partial charge in [-0.25, -0.2) is 9.24 Å². The Morgan fingerprint density at radius 2 is 1.29 bits per heavy atom. The monoisotopic (exact) mass is 362 g/mol. The number of aromatic nitrogens is 1. The summed E-state index contributed by atoms with van der Waals surface area (Å²) in [7, 11) is 0. The molecule has 0 saturated heterocycles. The molecule has 4 aromatic carbocycles. The number of hydrogen-bond acceptors (Lipinski definition) is 0. The molecule has 0 aliphatic carbocycles. The molecule has 5 aromatic rings. The number of benzene rings is 4. The van der Waals surface area contributed by atoms with E-state index in [0.29, 0.717) is 11.3 Å². The van der Waals surface area contributed by atoms with Crippen LogP contribution in [0.5, 0.6) is 0 Å². The van der Waals surface area contributed by atoms with Crippen LogP contribution in [0.3, 0.4) is 0 Å². The van der Waals surface area contributed by atoms with Gasteiger partial charge in [0, 0.05) is 21.9 Å². The minimum atomic E-state index is -0.387. The normalized spacial score (nSPS) is 11.0. The third-order valence-electron chi connectivity index (χ3n) is 5.10. The van der Waals surface area contributed by atoms with E-state index in [9.17, 15) is 4.39 Å². The molecule has 0 aliphatic heterocycles. The maximum Gasteiger partial charge on any atom is 0.190 e. The van der Waals surface area contributed by atoms with Crippen LogP contribution in [0.15, 0.2) is 91.0 Å². The Morgan fingerprint density at radius 1 is 0.679 bits per heavy atom. The third-order valence-corrected chi connectivity index (χ3v) is 5.10. The SMILES string of the molecule is [C-]#[N+]c1ccc(-c2ccccc2-n2c3ccccc3c3ccccc32)c(F)c1. The lowest BCUT2D eigenvalue weighted by Crippen LogP contribution is -1.98. The molecular formula is C25H15FN2. The molecule has 0 spiro atoms. The first-order valence-electron chi connectivity index (χ1n) is 9.03. The molecule has 132 valence electrons. The molecule has 2 nitrogen and oxygen atoms in total. The van der Waals surface area contributed by atoms with E-state index in [1.807, 2.05) is 48.5 Å². The fourth-order valence-corrected chi connectivity index (χ4v) is 3.87. The zero-order valence-electron chi connectivity index (χ0n) is 14.9. The highest BCUT2D eigenvalue weighted by Gasteiger charge is 2.16. The molecule has 0 N–H and O–H groups in total. The van der Waals surface area contributed by atoms with E-state index in [0.717, 1.165) is 33.1 Å². The maximum atomic E-state index is 14.8. The average molecular weight is 362 g/mol. The number of hydrogen-bond donors (Lipinski definition) is 0. The smallest absolute Gasteiger partial charge is 0.190 e. The summed E-state index contributed by atoms with van der Waals surface area (Å²) in [6.07, 6.45) is 0. The molecule has 0 radical (unpaired) electrons. The van der Waals surface area contributed by atoms with E-state index in [4.69, 9.17) is 6.57 Å². The van der Waals surface area contributed by atoms with Crippen LogP contribution in [0.4, 0.5) is 10.1 Å². The highest BCUT2D eigenvalue weighted by Crippen LogP contribution is 2.37. The van der Waals surface area contributed by atoms with Gasteiger partial charge in [-0.15, -0.1) is 0 Å². The van der Waals surface area contributed by atoms with E-state index in [1.54, 1.807) is 12.1 Å². The van der Waals surface area contributed by atoms with Crippen molar-refractivity contribution in [2.24, 2.45) is 0 Å². The van der Waals surface area contributed by atoms with Gasteiger partial charge in [0.05, 0.1) is 23.3 Å². The Balaban J connectivity index is 1.87. The van der Waals surface area contributed by atoms with Gasteiger partial charge in [-0.1, -0.05) is 66.7 Å². The van der Waals surface area contributed by atoms with Crippen LogP contribution in [0.25, 0.3) is 43.5 Å². The van der Waals surface area contributed by atoms with Gasteiger partial charge in [-0.2, -0.15) is 0 Å². The van der Waals surface area contributed by atoms with Crippen molar-refractivity contribution < 1.29 is 4.39 Å². The van der Waals surface area contributed by atoms with Gasteiger partial charge in [0.1, 0.15) is 5.82 Å². The third kappa shape index (κ3) is 2.39. The summed E-state index contributed by atoms with van der Waals surface area (Å²) in [5, 5.41) is 2.33. The second kappa shape index (κ2) is 6.37. The van der Waals surface area contributed by atoms with E-state index in [-0.39, 0.29) is 5.82 Å². The Kier molecular flexibility index (Phi) is 3.70. The summed E-state index contributed by atoms with van der Waals surface area (Å²) >= 11 is 0. The second-order valence-electron chi connectivity index (χ2n) is 6.66. The first-order chi connectivity index (χ1) is 13.8. The number of fused-ring (bicyclic) bond motifs is 3. The van der Waals surface area contributed by atoms with Crippen molar-refractivity contribution in [3.05, 3.63) is 108 Å². The zero-order valence-corrected chi connectivity index (χ0v) is 14.9. The van der Waals surface area contributed by atoms with E-state index >= 15 is 0 Å².